The summed E-state index contributed by atoms with van der Waals surface area (Å²) in [5.74, 6) is -1.39. The molecule has 1 amide bonds. The third-order valence-corrected chi connectivity index (χ3v) is 2.46. The van der Waals surface area contributed by atoms with Crippen LogP contribution in [0.25, 0.3) is 0 Å². The van der Waals surface area contributed by atoms with Crippen LogP contribution in [0.1, 0.15) is 28.0 Å². The molecule has 1 heterocycles. The summed E-state index contributed by atoms with van der Waals surface area (Å²) in [6, 6.07) is 7.29. The first kappa shape index (κ1) is 12.7. The molecule has 1 atom stereocenters. The summed E-state index contributed by atoms with van der Waals surface area (Å²) < 4.78 is 0. The van der Waals surface area contributed by atoms with E-state index in [2.05, 4.69) is 20.5 Å². The average molecular weight is 260 g/mol. The van der Waals surface area contributed by atoms with Crippen LogP contribution in [0.4, 0.5) is 0 Å². The second-order valence-electron chi connectivity index (χ2n) is 3.90. The van der Waals surface area contributed by atoms with Crippen molar-refractivity contribution in [3.05, 3.63) is 47.5 Å². The van der Waals surface area contributed by atoms with Gasteiger partial charge in [0.15, 0.2) is 6.04 Å². The quantitative estimate of drug-likeness (QED) is 0.748. The SMILES string of the molecule is Cc1nc(C(=O)N[C@@H](C(=O)O)c2ccccc2)n[nH]1. The minimum absolute atomic E-state index is 0.0836. The molecule has 0 saturated heterocycles. The van der Waals surface area contributed by atoms with Gasteiger partial charge in [-0.2, -0.15) is 0 Å². The lowest BCUT2D eigenvalue weighted by molar-refractivity contribution is -0.139. The number of carbonyl (C=O) groups is 2. The number of carboxylic acid groups (broad SMARTS) is 1. The van der Waals surface area contributed by atoms with Gasteiger partial charge in [-0.05, 0) is 12.5 Å². The molecular weight excluding hydrogens is 248 g/mol. The summed E-state index contributed by atoms with van der Waals surface area (Å²) in [5, 5.41) is 17.7. The molecule has 1 aromatic carbocycles. The fraction of sp³-hybridized carbons (Fsp3) is 0.167. The van der Waals surface area contributed by atoms with Crippen molar-refractivity contribution in [2.75, 3.05) is 0 Å². The van der Waals surface area contributed by atoms with Crippen molar-refractivity contribution in [3.63, 3.8) is 0 Å². The Morgan fingerprint density at radius 1 is 1.32 bits per heavy atom. The van der Waals surface area contributed by atoms with Gasteiger partial charge in [-0.3, -0.25) is 9.89 Å². The fourth-order valence-corrected chi connectivity index (χ4v) is 1.57. The lowest BCUT2D eigenvalue weighted by Gasteiger charge is -2.13. The van der Waals surface area contributed by atoms with Crippen molar-refractivity contribution >= 4 is 11.9 Å². The molecule has 7 nitrogen and oxygen atoms in total. The third-order valence-electron chi connectivity index (χ3n) is 2.46. The molecular formula is C12H12N4O3. The summed E-state index contributed by atoms with van der Waals surface area (Å²) in [6.07, 6.45) is 0. The topological polar surface area (TPSA) is 108 Å². The molecule has 2 rings (SSSR count). The maximum atomic E-state index is 11.8. The summed E-state index contributed by atoms with van der Waals surface area (Å²) in [7, 11) is 0. The van der Waals surface area contributed by atoms with Gasteiger partial charge in [0.1, 0.15) is 5.82 Å². The molecule has 0 aliphatic carbocycles. The van der Waals surface area contributed by atoms with E-state index in [1.807, 2.05) is 0 Å². The molecule has 0 aliphatic rings. The number of rotatable bonds is 4. The molecule has 7 heteroatoms. The van der Waals surface area contributed by atoms with E-state index in [4.69, 9.17) is 5.11 Å². The van der Waals surface area contributed by atoms with E-state index in [0.717, 1.165) is 0 Å². The highest BCUT2D eigenvalue weighted by Crippen LogP contribution is 2.13. The number of hydrogen-bond donors (Lipinski definition) is 3. The molecule has 0 saturated carbocycles. The number of hydrogen-bond acceptors (Lipinski definition) is 4. The third kappa shape index (κ3) is 2.95. The first-order chi connectivity index (χ1) is 9.08. The molecule has 1 aromatic heterocycles. The number of aliphatic carboxylic acids is 1. The van der Waals surface area contributed by atoms with Gasteiger partial charge >= 0.3 is 5.97 Å². The number of nitrogens with zero attached hydrogens (tertiary/aromatic N) is 2. The van der Waals surface area contributed by atoms with E-state index < -0.39 is 17.9 Å². The zero-order valence-corrected chi connectivity index (χ0v) is 10.1. The van der Waals surface area contributed by atoms with E-state index in [-0.39, 0.29) is 5.82 Å². The average Bonchev–Trinajstić information content (AvgIpc) is 2.83. The van der Waals surface area contributed by atoms with Gasteiger partial charge < -0.3 is 10.4 Å². The lowest BCUT2D eigenvalue weighted by atomic mass is 10.1. The van der Waals surface area contributed by atoms with Gasteiger partial charge in [0.2, 0.25) is 5.82 Å². The lowest BCUT2D eigenvalue weighted by Crippen LogP contribution is -2.34. The summed E-state index contributed by atoms with van der Waals surface area (Å²) in [5.41, 5.74) is 0.482. The van der Waals surface area contributed by atoms with Crippen molar-refractivity contribution in [2.24, 2.45) is 0 Å². The van der Waals surface area contributed by atoms with Gasteiger partial charge in [0.05, 0.1) is 0 Å². The maximum absolute atomic E-state index is 11.8. The Morgan fingerprint density at radius 3 is 2.53 bits per heavy atom. The predicted molar refractivity (Wildman–Crippen MR) is 65.4 cm³/mol. The number of H-pyrrole nitrogens is 1. The predicted octanol–water partition coefficient (Wildman–Crippen LogP) is 0.669. The molecule has 0 spiro atoms. The van der Waals surface area contributed by atoms with Crippen LogP contribution in [-0.4, -0.2) is 32.2 Å². The highest BCUT2D eigenvalue weighted by molar-refractivity contribution is 5.93. The number of amides is 1. The number of carbonyl (C=O) groups excluding carboxylic acids is 1. The number of nitrogens with one attached hydrogen (secondary N) is 2. The molecule has 0 fully saturated rings. The summed E-state index contributed by atoms with van der Waals surface area (Å²) in [4.78, 5) is 26.9. The van der Waals surface area contributed by atoms with Crippen LogP contribution < -0.4 is 5.32 Å². The van der Waals surface area contributed by atoms with Gasteiger partial charge in [-0.25, -0.2) is 9.78 Å². The maximum Gasteiger partial charge on any atom is 0.330 e. The van der Waals surface area contributed by atoms with Crippen molar-refractivity contribution in [3.8, 4) is 0 Å². The van der Waals surface area contributed by atoms with Crippen LogP contribution in [0.3, 0.4) is 0 Å². The number of aromatic amines is 1. The van der Waals surface area contributed by atoms with Crippen LogP contribution in [0, 0.1) is 6.92 Å². The molecule has 2 aromatic rings. The van der Waals surface area contributed by atoms with E-state index >= 15 is 0 Å². The molecule has 3 N–H and O–H groups in total. The Morgan fingerprint density at radius 2 is 2.00 bits per heavy atom. The van der Waals surface area contributed by atoms with E-state index in [0.29, 0.717) is 11.4 Å². The van der Waals surface area contributed by atoms with Crippen molar-refractivity contribution in [2.45, 2.75) is 13.0 Å². The Kier molecular flexibility index (Phi) is 3.56. The van der Waals surface area contributed by atoms with Crippen LogP contribution in [0.15, 0.2) is 30.3 Å². The van der Waals surface area contributed by atoms with Gasteiger partial charge in [0.25, 0.3) is 5.91 Å². The van der Waals surface area contributed by atoms with Crippen LogP contribution in [0.2, 0.25) is 0 Å². The van der Waals surface area contributed by atoms with Crippen LogP contribution >= 0.6 is 0 Å². The van der Waals surface area contributed by atoms with Crippen molar-refractivity contribution < 1.29 is 14.7 Å². The zero-order valence-electron chi connectivity index (χ0n) is 10.1. The number of benzene rings is 1. The smallest absolute Gasteiger partial charge is 0.330 e. The van der Waals surface area contributed by atoms with Crippen LogP contribution in [0.5, 0.6) is 0 Å². The molecule has 98 valence electrons. The number of aromatic nitrogens is 3. The largest absolute Gasteiger partial charge is 0.479 e. The number of carboxylic acids is 1. The summed E-state index contributed by atoms with van der Waals surface area (Å²) in [6.45, 7) is 1.65. The van der Waals surface area contributed by atoms with Gasteiger partial charge in [-0.15, -0.1) is 5.10 Å². The number of aryl methyl sites for hydroxylation is 1. The van der Waals surface area contributed by atoms with Crippen LogP contribution in [-0.2, 0) is 4.79 Å². The van der Waals surface area contributed by atoms with Crippen molar-refractivity contribution in [1.82, 2.24) is 20.5 Å². The van der Waals surface area contributed by atoms with Crippen molar-refractivity contribution in [1.29, 1.82) is 0 Å². The van der Waals surface area contributed by atoms with Gasteiger partial charge in [-0.1, -0.05) is 30.3 Å². The highest BCUT2D eigenvalue weighted by atomic mass is 16.4. The molecule has 19 heavy (non-hydrogen) atoms. The second kappa shape index (κ2) is 5.30. The minimum atomic E-state index is -1.15. The first-order valence-corrected chi connectivity index (χ1v) is 5.55. The first-order valence-electron chi connectivity index (χ1n) is 5.55. The van der Waals surface area contributed by atoms with E-state index in [9.17, 15) is 9.59 Å². The van der Waals surface area contributed by atoms with Gasteiger partial charge in [0, 0.05) is 0 Å². The Balaban J connectivity index is 2.18. The van der Waals surface area contributed by atoms with E-state index in [1.165, 1.54) is 0 Å². The highest BCUT2D eigenvalue weighted by Gasteiger charge is 2.24. The Bertz CT molecular complexity index is 594. The standard InChI is InChI=1S/C12H12N4O3/c1-7-13-10(16-15-7)11(17)14-9(12(18)19)8-5-3-2-4-6-8/h2-6,9H,1H3,(H,14,17)(H,18,19)(H,13,15,16)/t9-/m1/s1. The van der Waals surface area contributed by atoms with E-state index in [1.54, 1.807) is 37.3 Å². The summed E-state index contributed by atoms with van der Waals surface area (Å²) >= 11 is 0. The fourth-order valence-electron chi connectivity index (χ4n) is 1.57. The normalized spacial score (nSPS) is 11.8. The zero-order chi connectivity index (χ0) is 13.8. The molecule has 0 unspecified atom stereocenters. The second-order valence-corrected chi connectivity index (χ2v) is 3.90. The Hall–Kier alpha value is -2.70. The monoisotopic (exact) mass is 260 g/mol. The Labute approximate surface area is 108 Å². The molecule has 0 bridgehead atoms. The minimum Gasteiger partial charge on any atom is -0.479 e. The molecule has 0 radical (unpaired) electrons. The molecule has 0 aliphatic heterocycles.